The van der Waals surface area contributed by atoms with Crippen LogP contribution in [-0.4, -0.2) is 16.8 Å². The van der Waals surface area contributed by atoms with E-state index in [9.17, 15) is 9.59 Å². The first-order chi connectivity index (χ1) is 12.1. The summed E-state index contributed by atoms with van der Waals surface area (Å²) in [5.41, 5.74) is 8.84. The predicted molar refractivity (Wildman–Crippen MR) is 95.8 cm³/mol. The number of hydrogen-bond donors (Lipinski definition) is 2. The third kappa shape index (κ3) is 4.09. The average Bonchev–Trinajstić information content (AvgIpc) is 2.67. The molecule has 124 valence electrons. The van der Waals surface area contributed by atoms with Crippen molar-refractivity contribution in [3.05, 3.63) is 89.7 Å². The van der Waals surface area contributed by atoms with E-state index >= 15 is 0 Å². The van der Waals surface area contributed by atoms with Gasteiger partial charge in [0.25, 0.3) is 5.91 Å². The molecule has 0 aliphatic carbocycles. The fraction of sp³-hybridized carbons (Fsp3) is 0.0500. The van der Waals surface area contributed by atoms with E-state index in [4.69, 9.17) is 5.73 Å². The lowest BCUT2D eigenvalue weighted by atomic mass is 10.0. The van der Waals surface area contributed by atoms with Crippen molar-refractivity contribution in [3.63, 3.8) is 0 Å². The molecule has 1 heterocycles. The fourth-order valence-corrected chi connectivity index (χ4v) is 2.43. The second-order valence-corrected chi connectivity index (χ2v) is 5.57. The van der Waals surface area contributed by atoms with Gasteiger partial charge in [0, 0.05) is 30.1 Å². The summed E-state index contributed by atoms with van der Waals surface area (Å²) < 4.78 is 0. The van der Waals surface area contributed by atoms with Gasteiger partial charge in [0.1, 0.15) is 0 Å². The van der Waals surface area contributed by atoms with E-state index in [1.807, 2.05) is 30.3 Å². The van der Waals surface area contributed by atoms with Crippen LogP contribution in [0.15, 0.2) is 73.1 Å². The molecule has 0 spiro atoms. The summed E-state index contributed by atoms with van der Waals surface area (Å²) in [6, 6.07) is 18.3. The lowest BCUT2D eigenvalue weighted by Gasteiger charge is -2.07. The van der Waals surface area contributed by atoms with Gasteiger partial charge < -0.3 is 11.1 Å². The average molecular weight is 331 g/mol. The zero-order chi connectivity index (χ0) is 17.6. The van der Waals surface area contributed by atoms with Gasteiger partial charge in [-0.15, -0.1) is 0 Å². The molecule has 3 N–H and O–H groups in total. The predicted octanol–water partition coefficient (Wildman–Crippen LogP) is 2.78. The van der Waals surface area contributed by atoms with Crippen LogP contribution in [0.5, 0.6) is 0 Å². The first-order valence-electron chi connectivity index (χ1n) is 7.81. The Kier molecular flexibility index (Phi) is 4.85. The van der Waals surface area contributed by atoms with Crippen molar-refractivity contribution in [1.82, 2.24) is 10.3 Å². The van der Waals surface area contributed by atoms with Gasteiger partial charge >= 0.3 is 0 Å². The number of pyridine rings is 1. The van der Waals surface area contributed by atoms with Gasteiger partial charge in [0.15, 0.2) is 0 Å². The summed E-state index contributed by atoms with van der Waals surface area (Å²) in [5, 5.41) is 2.88. The van der Waals surface area contributed by atoms with Crippen LogP contribution in [-0.2, 0) is 6.54 Å². The highest BCUT2D eigenvalue weighted by Crippen LogP contribution is 2.20. The van der Waals surface area contributed by atoms with Crippen LogP contribution in [0.1, 0.15) is 26.3 Å². The Morgan fingerprint density at radius 2 is 1.60 bits per heavy atom. The van der Waals surface area contributed by atoms with E-state index in [0.29, 0.717) is 17.7 Å². The van der Waals surface area contributed by atoms with Crippen molar-refractivity contribution < 1.29 is 9.59 Å². The Balaban J connectivity index is 1.74. The topological polar surface area (TPSA) is 85.1 Å². The number of carbonyl (C=O) groups is 2. The zero-order valence-corrected chi connectivity index (χ0v) is 13.5. The van der Waals surface area contributed by atoms with E-state index < -0.39 is 5.91 Å². The molecule has 3 aromatic rings. The van der Waals surface area contributed by atoms with E-state index in [0.717, 1.165) is 16.7 Å². The molecular formula is C20H17N3O2. The van der Waals surface area contributed by atoms with Crippen molar-refractivity contribution in [3.8, 4) is 11.1 Å². The zero-order valence-electron chi connectivity index (χ0n) is 13.5. The first kappa shape index (κ1) is 16.4. The van der Waals surface area contributed by atoms with Crippen LogP contribution in [0, 0.1) is 0 Å². The van der Waals surface area contributed by atoms with Gasteiger partial charge in [-0.05, 0) is 29.3 Å². The Labute approximate surface area is 145 Å². The number of aromatic nitrogens is 1. The maximum absolute atomic E-state index is 12.3. The van der Waals surface area contributed by atoms with Crippen LogP contribution in [0.2, 0.25) is 0 Å². The number of nitrogens with two attached hydrogens (primary N) is 1. The number of nitrogens with zero attached hydrogens (tertiary/aromatic N) is 1. The number of carbonyl (C=O) groups excluding carboxylic acids is 2. The van der Waals surface area contributed by atoms with Crippen LogP contribution < -0.4 is 11.1 Å². The monoisotopic (exact) mass is 331 g/mol. The summed E-state index contributed by atoms with van der Waals surface area (Å²) in [5.74, 6) is -0.661. The summed E-state index contributed by atoms with van der Waals surface area (Å²) in [4.78, 5) is 27.6. The smallest absolute Gasteiger partial charge is 0.253 e. The maximum Gasteiger partial charge on any atom is 0.253 e. The van der Waals surface area contributed by atoms with Crippen molar-refractivity contribution in [2.45, 2.75) is 6.54 Å². The third-order valence-electron chi connectivity index (χ3n) is 3.80. The minimum absolute atomic E-state index is 0.188. The first-order valence-corrected chi connectivity index (χ1v) is 7.81. The fourth-order valence-electron chi connectivity index (χ4n) is 2.43. The van der Waals surface area contributed by atoms with Gasteiger partial charge in [0.2, 0.25) is 5.91 Å². The number of primary amides is 1. The molecule has 0 bridgehead atoms. The third-order valence-corrected chi connectivity index (χ3v) is 3.80. The maximum atomic E-state index is 12.3. The molecule has 0 radical (unpaired) electrons. The standard InChI is InChI=1S/C20H17N3O2/c21-19(24)16-8-6-15(7-9-16)17-10-18(13-22-12-17)20(25)23-11-14-4-2-1-3-5-14/h1-10,12-13H,11H2,(H2,21,24)(H,23,25). The van der Waals surface area contributed by atoms with Gasteiger partial charge in [0.05, 0.1) is 5.56 Å². The van der Waals surface area contributed by atoms with E-state index in [2.05, 4.69) is 10.3 Å². The largest absolute Gasteiger partial charge is 0.366 e. The second-order valence-electron chi connectivity index (χ2n) is 5.57. The lowest BCUT2D eigenvalue weighted by molar-refractivity contribution is 0.0949. The molecule has 5 nitrogen and oxygen atoms in total. The molecule has 3 rings (SSSR count). The molecule has 0 aliphatic heterocycles. The minimum atomic E-state index is -0.473. The van der Waals surface area contributed by atoms with Crippen molar-refractivity contribution in [1.29, 1.82) is 0 Å². The highest BCUT2D eigenvalue weighted by molar-refractivity contribution is 5.95. The van der Waals surface area contributed by atoms with Crippen molar-refractivity contribution >= 4 is 11.8 Å². The molecular weight excluding hydrogens is 314 g/mol. The Hall–Kier alpha value is -3.47. The molecule has 2 aromatic carbocycles. The van der Waals surface area contributed by atoms with Crippen molar-refractivity contribution in [2.24, 2.45) is 5.73 Å². The summed E-state index contributed by atoms with van der Waals surface area (Å²) in [6.45, 7) is 0.456. The molecule has 2 amide bonds. The summed E-state index contributed by atoms with van der Waals surface area (Å²) >= 11 is 0. The van der Waals surface area contributed by atoms with Gasteiger partial charge in [-0.3, -0.25) is 14.6 Å². The second kappa shape index (κ2) is 7.40. The number of amides is 2. The Morgan fingerprint density at radius 1 is 0.880 bits per heavy atom. The van der Waals surface area contributed by atoms with Crippen LogP contribution >= 0.6 is 0 Å². The van der Waals surface area contributed by atoms with Crippen LogP contribution in [0.4, 0.5) is 0 Å². The van der Waals surface area contributed by atoms with E-state index in [1.165, 1.54) is 6.20 Å². The molecule has 0 fully saturated rings. The Bertz CT molecular complexity index is 890. The number of nitrogens with one attached hydrogen (secondary N) is 1. The highest BCUT2D eigenvalue weighted by atomic mass is 16.2. The minimum Gasteiger partial charge on any atom is -0.366 e. The normalized spacial score (nSPS) is 10.2. The van der Waals surface area contributed by atoms with E-state index in [1.54, 1.807) is 36.5 Å². The molecule has 0 aliphatic rings. The molecule has 0 saturated heterocycles. The highest BCUT2D eigenvalue weighted by Gasteiger charge is 2.08. The van der Waals surface area contributed by atoms with Crippen molar-refractivity contribution in [2.75, 3.05) is 0 Å². The van der Waals surface area contributed by atoms with Gasteiger partial charge in [-0.25, -0.2) is 0 Å². The number of rotatable bonds is 5. The quantitative estimate of drug-likeness (QED) is 0.754. The molecule has 0 saturated carbocycles. The molecule has 25 heavy (non-hydrogen) atoms. The summed E-state index contributed by atoms with van der Waals surface area (Å²) in [6.07, 6.45) is 3.20. The van der Waals surface area contributed by atoms with Crippen LogP contribution in [0.3, 0.4) is 0 Å². The van der Waals surface area contributed by atoms with Gasteiger partial charge in [-0.1, -0.05) is 42.5 Å². The van der Waals surface area contributed by atoms with E-state index in [-0.39, 0.29) is 5.91 Å². The summed E-state index contributed by atoms with van der Waals surface area (Å²) in [7, 11) is 0. The number of benzene rings is 2. The lowest BCUT2D eigenvalue weighted by Crippen LogP contribution is -2.22. The molecule has 0 unspecified atom stereocenters. The number of hydrogen-bond acceptors (Lipinski definition) is 3. The Morgan fingerprint density at radius 3 is 2.28 bits per heavy atom. The van der Waals surface area contributed by atoms with Gasteiger partial charge in [-0.2, -0.15) is 0 Å². The van der Waals surface area contributed by atoms with Crippen LogP contribution in [0.25, 0.3) is 11.1 Å². The molecule has 1 aromatic heterocycles. The molecule has 5 heteroatoms. The molecule has 0 atom stereocenters. The SMILES string of the molecule is NC(=O)c1ccc(-c2cncc(C(=O)NCc3ccccc3)c2)cc1.